The number of nitrogens with zero attached hydrogens (tertiary/aromatic N) is 2. The van der Waals surface area contributed by atoms with Crippen LogP contribution in [0, 0.1) is 0 Å². The van der Waals surface area contributed by atoms with Crippen molar-refractivity contribution in [1.82, 2.24) is 4.98 Å². The number of rotatable bonds is 10. The number of anilines is 2. The van der Waals surface area contributed by atoms with Crippen molar-refractivity contribution in [1.29, 1.82) is 0 Å². The monoisotopic (exact) mass is 450 g/mol. The topological polar surface area (TPSA) is 71.9 Å². The molecule has 168 valence electrons. The van der Waals surface area contributed by atoms with E-state index in [0.717, 1.165) is 17.7 Å². The van der Waals surface area contributed by atoms with Crippen molar-refractivity contribution in [2.45, 2.75) is 26.2 Å². The molecule has 1 heterocycles. The van der Waals surface area contributed by atoms with Crippen molar-refractivity contribution in [3.8, 4) is 11.5 Å². The van der Waals surface area contributed by atoms with Crippen LogP contribution in [0.25, 0.3) is 0 Å². The Hall–Kier alpha value is -3.82. The Morgan fingerprint density at radius 3 is 2.25 bits per heavy atom. The third-order valence-corrected chi connectivity index (χ3v) is 4.31. The van der Waals surface area contributed by atoms with Gasteiger partial charge >= 0.3 is 19.2 Å². The van der Waals surface area contributed by atoms with Crippen LogP contribution in [-0.2, 0) is 17.8 Å². The maximum absolute atomic E-state index is 12.9. The van der Waals surface area contributed by atoms with Gasteiger partial charge in [0.1, 0.15) is 0 Å². The van der Waals surface area contributed by atoms with Gasteiger partial charge in [0, 0.05) is 36.4 Å². The van der Waals surface area contributed by atoms with Gasteiger partial charge in [-0.2, -0.15) is 17.6 Å². The lowest BCUT2D eigenvalue weighted by molar-refractivity contribution is -0.136. The van der Waals surface area contributed by atoms with Crippen molar-refractivity contribution in [2.75, 3.05) is 4.90 Å². The molecule has 2 aromatic carbocycles. The first-order valence-corrected chi connectivity index (χ1v) is 9.32. The molecule has 0 saturated heterocycles. The molecule has 0 atom stereocenters. The molecule has 10 heteroatoms. The number of pyridine rings is 1. The van der Waals surface area contributed by atoms with Gasteiger partial charge in [-0.1, -0.05) is 18.2 Å². The fourth-order valence-electron chi connectivity index (χ4n) is 3.06. The molecule has 0 radical (unpaired) electrons. The third kappa shape index (κ3) is 6.34. The molecule has 3 aromatic rings. The standard InChI is InChI=1S/C22H18F4N2O4/c23-21(24)31-18-7-6-17(11-19(18)32-22(25)26)28(13-15-4-2-8-27-12-15)16-5-1-3-14(9-16)10-20(29)30/h1-9,11-12,21-22H,10,13H2,(H,29,30). The lowest BCUT2D eigenvalue weighted by atomic mass is 10.1. The average molecular weight is 450 g/mol. The minimum Gasteiger partial charge on any atom is -0.481 e. The highest BCUT2D eigenvalue weighted by atomic mass is 19.3. The second kappa shape index (κ2) is 10.5. The van der Waals surface area contributed by atoms with Crippen LogP contribution in [-0.4, -0.2) is 29.3 Å². The second-order valence-electron chi connectivity index (χ2n) is 6.58. The van der Waals surface area contributed by atoms with E-state index < -0.39 is 30.7 Å². The summed E-state index contributed by atoms with van der Waals surface area (Å²) in [5, 5.41) is 9.09. The number of halogens is 4. The van der Waals surface area contributed by atoms with E-state index in [4.69, 9.17) is 5.11 Å². The number of carboxylic acid groups (broad SMARTS) is 1. The normalized spacial score (nSPS) is 10.9. The van der Waals surface area contributed by atoms with E-state index in [0.29, 0.717) is 16.9 Å². The van der Waals surface area contributed by atoms with Gasteiger partial charge in [-0.25, -0.2) is 0 Å². The minimum absolute atomic E-state index is 0.213. The highest BCUT2D eigenvalue weighted by Gasteiger charge is 2.19. The highest BCUT2D eigenvalue weighted by Crippen LogP contribution is 2.37. The van der Waals surface area contributed by atoms with Gasteiger partial charge < -0.3 is 19.5 Å². The molecule has 0 unspecified atom stereocenters. The number of ether oxygens (including phenoxy) is 2. The first-order valence-electron chi connectivity index (χ1n) is 9.32. The number of hydrogen-bond acceptors (Lipinski definition) is 5. The van der Waals surface area contributed by atoms with Crippen LogP contribution >= 0.6 is 0 Å². The SMILES string of the molecule is O=C(O)Cc1cccc(N(Cc2cccnc2)c2ccc(OC(F)F)c(OC(F)F)c2)c1. The van der Waals surface area contributed by atoms with E-state index in [2.05, 4.69) is 14.5 Å². The van der Waals surface area contributed by atoms with Crippen molar-refractivity contribution in [3.05, 3.63) is 78.1 Å². The number of aliphatic carboxylic acids is 1. The Morgan fingerprint density at radius 1 is 0.906 bits per heavy atom. The van der Waals surface area contributed by atoms with Crippen LogP contribution in [0.2, 0.25) is 0 Å². The smallest absolute Gasteiger partial charge is 0.387 e. The summed E-state index contributed by atoms with van der Waals surface area (Å²) in [5.41, 5.74) is 2.17. The van der Waals surface area contributed by atoms with E-state index in [9.17, 15) is 22.4 Å². The van der Waals surface area contributed by atoms with Crippen molar-refractivity contribution >= 4 is 17.3 Å². The van der Waals surface area contributed by atoms with E-state index in [1.165, 1.54) is 6.07 Å². The molecule has 0 amide bonds. The van der Waals surface area contributed by atoms with Gasteiger partial charge in [0.2, 0.25) is 0 Å². The van der Waals surface area contributed by atoms with Gasteiger partial charge in [-0.05, 0) is 41.5 Å². The van der Waals surface area contributed by atoms with E-state index in [1.54, 1.807) is 53.7 Å². The zero-order valence-electron chi connectivity index (χ0n) is 16.5. The highest BCUT2D eigenvalue weighted by molar-refractivity contribution is 5.72. The number of carboxylic acids is 1. The fraction of sp³-hybridized carbons (Fsp3) is 0.182. The van der Waals surface area contributed by atoms with E-state index in [1.807, 2.05) is 0 Å². The van der Waals surface area contributed by atoms with Gasteiger partial charge in [0.05, 0.1) is 6.42 Å². The van der Waals surface area contributed by atoms with Gasteiger partial charge in [-0.15, -0.1) is 0 Å². The fourth-order valence-corrected chi connectivity index (χ4v) is 3.06. The Labute approximate surface area is 180 Å². The first-order chi connectivity index (χ1) is 15.3. The Kier molecular flexibility index (Phi) is 7.48. The number of hydrogen-bond donors (Lipinski definition) is 1. The van der Waals surface area contributed by atoms with Gasteiger partial charge in [0.25, 0.3) is 0 Å². The second-order valence-corrected chi connectivity index (χ2v) is 6.58. The molecule has 1 N–H and O–H groups in total. The van der Waals surface area contributed by atoms with Crippen LogP contribution in [0.1, 0.15) is 11.1 Å². The molecule has 0 aliphatic heterocycles. The molecule has 32 heavy (non-hydrogen) atoms. The third-order valence-electron chi connectivity index (χ3n) is 4.31. The summed E-state index contributed by atoms with van der Waals surface area (Å²) in [5.74, 6) is -2.11. The van der Waals surface area contributed by atoms with Crippen molar-refractivity contribution in [2.24, 2.45) is 0 Å². The van der Waals surface area contributed by atoms with Crippen LogP contribution in [0.15, 0.2) is 67.0 Å². The molecule has 0 fully saturated rings. The summed E-state index contributed by atoms with van der Waals surface area (Å²) in [4.78, 5) is 16.8. The summed E-state index contributed by atoms with van der Waals surface area (Å²) in [6.07, 6.45) is 2.99. The Morgan fingerprint density at radius 2 is 1.59 bits per heavy atom. The molecule has 0 aliphatic carbocycles. The summed E-state index contributed by atoms with van der Waals surface area (Å²) >= 11 is 0. The summed E-state index contributed by atoms with van der Waals surface area (Å²) in [6.45, 7) is -6.25. The van der Waals surface area contributed by atoms with E-state index in [-0.39, 0.29) is 13.0 Å². The largest absolute Gasteiger partial charge is 0.481 e. The molecule has 3 rings (SSSR count). The number of alkyl halides is 4. The molecule has 1 aromatic heterocycles. The summed E-state index contributed by atoms with van der Waals surface area (Å²) < 4.78 is 59.8. The van der Waals surface area contributed by atoms with Crippen molar-refractivity contribution < 1.29 is 36.9 Å². The Balaban J connectivity index is 2.05. The molecule has 0 saturated carbocycles. The minimum atomic E-state index is -3.25. The lowest BCUT2D eigenvalue weighted by Gasteiger charge is -2.26. The molecular formula is C22H18F4N2O4. The van der Waals surface area contributed by atoms with Crippen molar-refractivity contribution in [3.63, 3.8) is 0 Å². The van der Waals surface area contributed by atoms with Crippen LogP contribution in [0.5, 0.6) is 11.5 Å². The predicted octanol–water partition coefficient (Wildman–Crippen LogP) is 5.25. The molecule has 6 nitrogen and oxygen atoms in total. The van der Waals surface area contributed by atoms with Crippen LogP contribution in [0.3, 0.4) is 0 Å². The van der Waals surface area contributed by atoms with Gasteiger partial charge in [-0.3, -0.25) is 9.78 Å². The Bertz CT molecular complexity index is 1050. The van der Waals surface area contributed by atoms with Crippen LogP contribution in [0.4, 0.5) is 28.9 Å². The maximum Gasteiger partial charge on any atom is 0.387 e. The first kappa shape index (κ1) is 22.9. The average Bonchev–Trinajstić information content (AvgIpc) is 2.73. The zero-order chi connectivity index (χ0) is 23.1. The van der Waals surface area contributed by atoms with Crippen LogP contribution < -0.4 is 14.4 Å². The summed E-state index contributed by atoms with van der Waals surface area (Å²) in [7, 11) is 0. The van der Waals surface area contributed by atoms with E-state index >= 15 is 0 Å². The molecule has 0 spiro atoms. The maximum atomic E-state index is 12.9. The van der Waals surface area contributed by atoms with Gasteiger partial charge in [0.15, 0.2) is 11.5 Å². The zero-order valence-corrected chi connectivity index (χ0v) is 16.5. The molecular weight excluding hydrogens is 432 g/mol. The number of carbonyl (C=O) groups is 1. The number of benzene rings is 2. The number of aromatic nitrogens is 1. The quantitative estimate of drug-likeness (QED) is 0.426. The molecule has 0 bridgehead atoms. The molecule has 0 aliphatic rings. The lowest BCUT2D eigenvalue weighted by Crippen LogP contribution is -2.17. The summed E-state index contributed by atoms with van der Waals surface area (Å²) in [6, 6.07) is 13.8. The predicted molar refractivity (Wildman–Crippen MR) is 108 cm³/mol.